The molecule has 15 heteroatoms. The number of nitro groups is 1. The normalized spacial score (nSPS) is 11.9. The van der Waals surface area contributed by atoms with Crippen LogP contribution >= 0.6 is 0 Å². The number of anilines is 1. The third-order valence-corrected chi connectivity index (χ3v) is 5.63. The molecule has 0 fully saturated rings. The number of hydrogen-bond acceptors (Lipinski definition) is 9. The van der Waals surface area contributed by atoms with Gasteiger partial charge in [0.05, 0.1) is 4.92 Å². The van der Waals surface area contributed by atoms with Gasteiger partial charge in [0.1, 0.15) is 24.4 Å². The number of amides is 5. The first-order valence-electron chi connectivity index (χ1n) is 12.5. The van der Waals surface area contributed by atoms with Crippen molar-refractivity contribution in [3.05, 3.63) is 64.2 Å². The SMILES string of the molecule is CC(C)[C@H](NC=O)C(=O)N[C@@H](CCCNC(N)=O)C(=O)Nc1ccc(COC(=O)Oc2ccc([N+](=O)[O-])cc2)cc1. The first kappa shape index (κ1) is 32.0. The molecule has 5 amide bonds. The van der Waals surface area contributed by atoms with Gasteiger partial charge in [-0.25, -0.2) is 9.59 Å². The van der Waals surface area contributed by atoms with Crippen molar-refractivity contribution in [3.8, 4) is 5.75 Å². The Bertz CT molecular complexity index is 1220. The highest BCUT2D eigenvalue weighted by atomic mass is 16.7. The summed E-state index contributed by atoms with van der Waals surface area (Å²) in [5.41, 5.74) is 5.88. The minimum atomic E-state index is -1.01. The maximum Gasteiger partial charge on any atom is 0.514 e. The lowest BCUT2D eigenvalue weighted by molar-refractivity contribution is -0.384. The van der Waals surface area contributed by atoms with E-state index in [1.54, 1.807) is 38.1 Å². The summed E-state index contributed by atoms with van der Waals surface area (Å²) in [7, 11) is 0. The predicted molar refractivity (Wildman–Crippen MR) is 146 cm³/mol. The minimum Gasteiger partial charge on any atom is -0.429 e. The van der Waals surface area contributed by atoms with Crippen LogP contribution in [0, 0.1) is 16.0 Å². The zero-order valence-electron chi connectivity index (χ0n) is 22.5. The Morgan fingerprint density at radius 1 is 1.02 bits per heavy atom. The summed E-state index contributed by atoms with van der Waals surface area (Å²) in [6.07, 6.45) is -0.0889. The highest BCUT2D eigenvalue weighted by molar-refractivity contribution is 5.98. The molecule has 0 bridgehead atoms. The van der Waals surface area contributed by atoms with Gasteiger partial charge < -0.3 is 36.5 Å². The van der Waals surface area contributed by atoms with Crippen LogP contribution in [0.15, 0.2) is 48.5 Å². The Morgan fingerprint density at radius 2 is 1.68 bits per heavy atom. The molecular weight excluding hydrogens is 540 g/mol. The molecule has 0 heterocycles. The topological polar surface area (TPSA) is 221 Å². The van der Waals surface area contributed by atoms with Crippen molar-refractivity contribution in [1.82, 2.24) is 16.0 Å². The quantitative estimate of drug-likeness (QED) is 0.0525. The van der Waals surface area contributed by atoms with Crippen LogP contribution in [0.5, 0.6) is 5.75 Å². The fraction of sp³-hybridized carbons (Fsp3) is 0.346. The van der Waals surface area contributed by atoms with Crippen LogP contribution in [-0.2, 0) is 25.7 Å². The molecule has 0 saturated carbocycles. The third-order valence-electron chi connectivity index (χ3n) is 5.63. The van der Waals surface area contributed by atoms with Gasteiger partial charge in [0, 0.05) is 24.4 Å². The van der Waals surface area contributed by atoms with Crippen molar-refractivity contribution >= 4 is 41.8 Å². The molecule has 6 N–H and O–H groups in total. The Morgan fingerprint density at radius 3 is 2.24 bits per heavy atom. The second-order valence-corrected chi connectivity index (χ2v) is 9.08. The average molecular weight is 573 g/mol. The van der Waals surface area contributed by atoms with Gasteiger partial charge in [-0.3, -0.25) is 24.5 Å². The number of carbonyl (C=O) groups is 5. The Labute approximate surface area is 235 Å². The molecule has 0 aromatic heterocycles. The number of non-ortho nitro benzene ring substituents is 1. The number of ether oxygens (including phenoxy) is 2. The molecule has 0 aliphatic carbocycles. The summed E-state index contributed by atoms with van der Waals surface area (Å²) >= 11 is 0. The number of hydrogen-bond donors (Lipinski definition) is 5. The lowest BCUT2D eigenvalue weighted by atomic mass is 10.0. The lowest BCUT2D eigenvalue weighted by Gasteiger charge is -2.24. The van der Waals surface area contributed by atoms with Crippen molar-refractivity contribution in [3.63, 3.8) is 0 Å². The third kappa shape index (κ3) is 11.2. The van der Waals surface area contributed by atoms with E-state index >= 15 is 0 Å². The monoisotopic (exact) mass is 572 g/mol. The largest absolute Gasteiger partial charge is 0.514 e. The zero-order valence-corrected chi connectivity index (χ0v) is 22.5. The molecule has 220 valence electrons. The molecule has 0 unspecified atom stereocenters. The van der Waals surface area contributed by atoms with E-state index in [0.29, 0.717) is 24.1 Å². The molecule has 0 spiro atoms. The number of carbonyl (C=O) groups excluding carboxylic acids is 5. The number of nitro benzene ring substituents is 1. The smallest absolute Gasteiger partial charge is 0.429 e. The van der Waals surface area contributed by atoms with Crippen LogP contribution in [0.25, 0.3) is 0 Å². The zero-order chi connectivity index (χ0) is 30.4. The Balaban J connectivity index is 1.95. The highest BCUT2D eigenvalue weighted by Crippen LogP contribution is 2.18. The first-order valence-corrected chi connectivity index (χ1v) is 12.5. The minimum absolute atomic E-state index is 0.0763. The molecule has 0 aliphatic rings. The van der Waals surface area contributed by atoms with Crippen molar-refractivity contribution in [1.29, 1.82) is 0 Å². The molecule has 2 rings (SSSR count). The van der Waals surface area contributed by atoms with Gasteiger partial charge in [0.15, 0.2) is 0 Å². The number of primary amides is 1. The predicted octanol–water partition coefficient (Wildman–Crippen LogP) is 1.95. The molecule has 2 aromatic rings. The van der Waals surface area contributed by atoms with E-state index in [9.17, 15) is 34.1 Å². The summed E-state index contributed by atoms with van der Waals surface area (Å²) in [5.74, 6) is -1.22. The molecule has 2 atom stereocenters. The van der Waals surface area contributed by atoms with E-state index < -0.39 is 41.0 Å². The second-order valence-electron chi connectivity index (χ2n) is 9.08. The molecule has 0 aliphatic heterocycles. The molecule has 15 nitrogen and oxygen atoms in total. The summed E-state index contributed by atoms with van der Waals surface area (Å²) in [6.45, 7) is 3.53. The second kappa shape index (κ2) is 16.0. The van der Waals surface area contributed by atoms with E-state index in [1.165, 1.54) is 24.3 Å². The van der Waals surface area contributed by atoms with Crippen LogP contribution < -0.4 is 31.7 Å². The Hall–Kier alpha value is -5.21. The average Bonchev–Trinajstić information content (AvgIpc) is 2.92. The van der Waals surface area contributed by atoms with E-state index in [1.807, 2.05) is 0 Å². The van der Waals surface area contributed by atoms with Crippen LogP contribution in [-0.4, -0.2) is 54.0 Å². The van der Waals surface area contributed by atoms with E-state index in [-0.39, 0.29) is 36.9 Å². The van der Waals surface area contributed by atoms with Crippen LogP contribution in [0.3, 0.4) is 0 Å². The number of nitrogens with one attached hydrogen (secondary N) is 4. The fourth-order valence-electron chi connectivity index (χ4n) is 3.51. The summed E-state index contributed by atoms with van der Waals surface area (Å²) < 4.78 is 10.0. The molecule has 0 saturated heterocycles. The standard InChI is InChI=1S/C26H32N6O9/c1-16(2)22(29-15-33)24(35)31-21(4-3-13-28-25(27)36)23(34)30-18-7-5-17(6-8-18)14-40-26(37)41-20-11-9-19(10-12-20)32(38)39/h5-12,15-16,21-22H,3-4,13-14H2,1-2H3,(H,29,33)(H,30,34)(H,31,35)(H3,27,28,36)/t21-,22-/m0/s1. The lowest BCUT2D eigenvalue weighted by Crippen LogP contribution is -2.53. The van der Waals surface area contributed by atoms with Gasteiger partial charge in [0.25, 0.3) is 5.69 Å². The maximum atomic E-state index is 13.0. The molecule has 41 heavy (non-hydrogen) atoms. The van der Waals surface area contributed by atoms with Gasteiger partial charge in [-0.2, -0.15) is 0 Å². The first-order chi connectivity index (χ1) is 19.5. The van der Waals surface area contributed by atoms with Crippen LogP contribution in [0.1, 0.15) is 32.3 Å². The number of rotatable bonds is 15. The number of nitrogens with two attached hydrogens (primary N) is 1. The molecule has 2 aromatic carbocycles. The van der Waals surface area contributed by atoms with E-state index in [0.717, 1.165) is 0 Å². The van der Waals surface area contributed by atoms with Crippen molar-refractivity contribution in [2.45, 2.75) is 45.4 Å². The summed E-state index contributed by atoms with van der Waals surface area (Å²) in [5, 5.41) is 20.9. The summed E-state index contributed by atoms with van der Waals surface area (Å²) in [4.78, 5) is 69.6. The van der Waals surface area contributed by atoms with Gasteiger partial charge in [-0.15, -0.1) is 0 Å². The number of urea groups is 1. The number of benzene rings is 2. The van der Waals surface area contributed by atoms with Gasteiger partial charge in [-0.1, -0.05) is 26.0 Å². The van der Waals surface area contributed by atoms with Crippen molar-refractivity contribution in [2.24, 2.45) is 11.7 Å². The van der Waals surface area contributed by atoms with Crippen molar-refractivity contribution in [2.75, 3.05) is 11.9 Å². The molecular formula is C26H32N6O9. The van der Waals surface area contributed by atoms with Gasteiger partial charge in [0.2, 0.25) is 18.2 Å². The van der Waals surface area contributed by atoms with Gasteiger partial charge in [-0.05, 0) is 48.6 Å². The van der Waals surface area contributed by atoms with Gasteiger partial charge >= 0.3 is 12.2 Å². The van der Waals surface area contributed by atoms with E-state index in [4.69, 9.17) is 15.2 Å². The van der Waals surface area contributed by atoms with E-state index in [2.05, 4.69) is 21.3 Å². The van der Waals surface area contributed by atoms with Crippen LogP contribution in [0.4, 0.5) is 21.0 Å². The fourth-order valence-corrected chi connectivity index (χ4v) is 3.51. The Kier molecular flexibility index (Phi) is 12.5. The maximum absolute atomic E-state index is 13.0. The van der Waals surface area contributed by atoms with Crippen molar-refractivity contribution < 1.29 is 38.4 Å². The van der Waals surface area contributed by atoms with Crippen LogP contribution in [0.2, 0.25) is 0 Å². The number of nitrogens with zero attached hydrogens (tertiary/aromatic N) is 1. The highest BCUT2D eigenvalue weighted by Gasteiger charge is 2.27. The molecule has 0 radical (unpaired) electrons. The summed E-state index contributed by atoms with van der Waals surface area (Å²) in [6, 6.07) is 8.70.